The summed E-state index contributed by atoms with van der Waals surface area (Å²) in [5.41, 5.74) is 5.83. The Hall–Kier alpha value is -2.59. The number of phosphoric ester groups is 1. The maximum absolute atomic E-state index is 12.6. The molecule has 11 nitrogen and oxygen atoms in total. The number of nitrogen functional groups attached to an aromatic ring is 1. The summed E-state index contributed by atoms with van der Waals surface area (Å²) in [6, 6.07) is 2.95. The molecule has 0 aromatic heterocycles. The van der Waals surface area contributed by atoms with Gasteiger partial charge >= 0.3 is 7.82 Å². The SMILES string of the molecule is COP(=O)(O)ON1C(=O)CCC(N2C(=O)c3cccc(N)c3C2=O)C1=O. The number of rotatable bonds is 4. The summed E-state index contributed by atoms with van der Waals surface area (Å²) in [7, 11) is -3.84. The zero-order valence-corrected chi connectivity index (χ0v) is 14.3. The molecule has 1 aromatic rings. The third-order valence-corrected chi connectivity index (χ3v) is 4.88. The zero-order valence-electron chi connectivity index (χ0n) is 13.4. The number of fused-ring (bicyclic) bond motifs is 1. The van der Waals surface area contributed by atoms with E-state index in [0.29, 0.717) is 4.90 Å². The van der Waals surface area contributed by atoms with Crippen LogP contribution in [-0.2, 0) is 23.3 Å². The summed E-state index contributed by atoms with van der Waals surface area (Å²) < 4.78 is 20.2. The van der Waals surface area contributed by atoms with Gasteiger partial charge in [-0.15, -0.1) is 5.06 Å². The van der Waals surface area contributed by atoms with Crippen LogP contribution in [0.15, 0.2) is 18.2 Å². The Morgan fingerprint density at radius 3 is 2.54 bits per heavy atom. The van der Waals surface area contributed by atoms with E-state index in [4.69, 9.17) is 5.73 Å². The van der Waals surface area contributed by atoms with Crippen molar-refractivity contribution in [3.05, 3.63) is 29.3 Å². The van der Waals surface area contributed by atoms with Gasteiger partial charge in [0.1, 0.15) is 6.04 Å². The zero-order chi connectivity index (χ0) is 19.2. The number of hydrogen-bond donors (Lipinski definition) is 2. The van der Waals surface area contributed by atoms with Crippen molar-refractivity contribution in [3.8, 4) is 0 Å². The fourth-order valence-corrected chi connectivity index (χ4v) is 3.26. The maximum Gasteiger partial charge on any atom is 0.494 e. The molecule has 2 atom stereocenters. The normalized spacial score (nSPS) is 22.6. The second kappa shape index (κ2) is 6.29. The predicted octanol–water partition coefficient (Wildman–Crippen LogP) is 0.0608. The van der Waals surface area contributed by atoms with Crippen molar-refractivity contribution in [2.24, 2.45) is 0 Å². The van der Waals surface area contributed by atoms with Crippen LogP contribution >= 0.6 is 7.82 Å². The lowest BCUT2D eigenvalue weighted by Crippen LogP contribution is -2.55. The summed E-state index contributed by atoms with van der Waals surface area (Å²) in [4.78, 5) is 59.6. The van der Waals surface area contributed by atoms with Crippen LogP contribution in [0.25, 0.3) is 0 Å². The molecule has 0 spiro atoms. The van der Waals surface area contributed by atoms with E-state index in [9.17, 15) is 28.6 Å². The standard InChI is InChI=1S/C14H14N3O8P/c1-24-26(22,23)25-17-10(18)6-5-9(13(17)20)16-12(19)7-3-2-4-8(15)11(7)14(16)21/h2-4,9H,5-6,15H2,1H3,(H,22,23). The van der Waals surface area contributed by atoms with Crippen LogP contribution in [0.3, 0.4) is 0 Å². The third kappa shape index (κ3) is 2.80. The molecule has 26 heavy (non-hydrogen) atoms. The molecule has 138 valence electrons. The molecule has 1 fully saturated rings. The maximum atomic E-state index is 12.6. The fraction of sp³-hybridized carbons (Fsp3) is 0.286. The van der Waals surface area contributed by atoms with Crippen molar-refractivity contribution >= 4 is 37.1 Å². The van der Waals surface area contributed by atoms with Crippen molar-refractivity contribution in [2.75, 3.05) is 12.8 Å². The highest BCUT2D eigenvalue weighted by Crippen LogP contribution is 2.44. The van der Waals surface area contributed by atoms with Crippen LogP contribution in [-0.4, -0.2) is 51.6 Å². The first kappa shape index (κ1) is 18.2. The Kier molecular flexibility index (Phi) is 4.41. The van der Waals surface area contributed by atoms with Gasteiger partial charge in [-0.25, -0.2) is 4.57 Å². The van der Waals surface area contributed by atoms with Crippen LogP contribution < -0.4 is 5.73 Å². The summed E-state index contributed by atoms with van der Waals surface area (Å²) >= 11 is 0. The lowest BCUT2D eigenvalue weighted by atomic mass is 10.0. The van der Waals surface area contributed by atoms with E-state index >= 15 is 0 Å². The second-order valence-electron chi connectivity index (χ2n) is 5.56. The smallest absolute Gasteiger partial charge is 0.398 e. The first-order valence-electron chi connectivity index (χ1n) is 7.39. The minimum Gasteiger partial charge on any atom is -0.398 e. The van der Waals surface area contributed by atoms with Crippen LogP contribution in [0, 0.1) is 0 Å². The minimum atomic E-state index is -4.70. The van der Waals surface area contributed by atoms with Crippen LogP contribution in [0.1, 0.15) is 33.6 Å². The second-order valence-corrected chi connectivity index (χ2v) is 7.03. The Morgan fingerprint density at radius 2 is 1.92 bits per heavy atom. The van der Waals surface area contributed by atoms with Gasteiger partial charge in [-0.3, -0.25) is 28.6 Å². The van der Waals surface area contributed by atoms with Gasteiger partial charge in [0.15, 0.2) is 0 Å². The highest BCUT2D eigenvalue weighted by atomic mass is 31.2. The molecule has 3 N–H and O–H groups in total. The first-order valence-corrected chi connectivity index (χ1v) is 8.89. The summed E-state index contributed by atoms with van der Waals surface area (Å²) in [5, 5.41) is 0.0609. The molecule has 3 rings (SSSR count). The van der Waals surface area contributed by atoms with Crippen molar-refractivity contribution in [1.29, 1.82) is 0 Å². The van der Waals surface area contributed by atoms with Gasteiger partial charge in [0.05, 0.1) is 11.1 Å². The monoisotopic (exact) mass is 383 g/mol. The summed E-state index contributed by atoms with van der Waals surface area (Å²) in [6.45, 7) is 0. The molecular weight excluding hydrogens is 369 g/mol. The van der Waals surface area contributed by atoms with E-state index in [-0.39, 0.29) is 34.7 Å². The highest BCUT2D eigenvalue weighted by Gasteiger charge is 2.49. The number of piperidine rings is 1. The molecule has 1 aromatic carbocycles. The van der Waals surface area contributed by atoms with Gasteiger partial charge in [0, 0.05) is 19.2 Å². The van der Waals surface area contributed by atoms with Gasteiger partial charge in [-0.1, -0.05) is 6.07 Å². The van der Waals surface area contributed by atoms with Crippen LogP contribution in [0.4, 0.5) is 5.69 Å². The van der Waals surface area contributed by atoms with E-state index in [1.54, 1.807) is 0 Å². The van der Waals surface area contributed by atoms with Gasteiger partial charge in [-0.2, -0.15) is 4.62 Å². The topological polar surface area (TPSA) is 157 Å². The Bertz CT molecular complexity index is 885. The van der Waals surface area contributed by atoms with E-state index in [0.717, 1.165) is 7.11 Å². The van der Waals surface area contributed by atoms with Gasteiger partial charge in [-0.05, 0) is 18.6 Å². The lowest BCUT2D eigenvalue weighted by Gasteiger charge is -2.33. The minimum absolute atomic E-state index is 0.0283. The van der Waals surface area contributed by atoms with E-state index in [1.165, 1.54) is 18.2 Å². The fourth-order valence-electron chi connectivity index (χ4n) is 2.82. The van der Waals surface area contributed by atoms with E-state index in [1.807, 2.05) is 0 Å². The quantitative estimate of drug-likeness (QED) is 0.417. The van der Waals surface area contributed by atoms with E-state index in [2.05, 4.69) is 9.15 Å². The molecule has 0 radical (unpaired) electrons. The summed E-state index contributed by atoms with van der Waals surface area (Å²) in [5.74, 6) is -3.55. The number of anilines is 1. The lowest BCUT2D eigenvalue weighted by molar-refractivity contribution is -0.183. The molecule has 2 aliphatic rings. The average Bonchev–Trinajstić information content (AvgIpc) is 2.84. The van der Waals surface area contributed by atoms with Crippen molar-refractivity contribution in [1.82, 2.24) is 9.96 Å². The molecule has 0 bridgehead atoms. The number of benzene rings is 1. The molecule has 2 heterocycles. The number of carbonyl (C=O) groups is 4. The van der Waals surface area contributed by atoms with Crippen molar-refractivity contribution in [2.45, 2.75) is 18.9 Å². The third-order valence-electron chi connectivity index (χ3n) is 4.05. The highest BCUT2D eigenvalue weighted by molar-refractivity contribution is 7.47. The molecule has 1 saturated heterocycles. The average molecular weight is 383 g/mol. The van der Waals surface area contributed by atoms with Gasteiger partial charge in [0.2, 0.25) is 0 Å². The number of hydrogen-bond acceptors (Lipinski definition) is 8. The van der Waals surface area contributed by atoms with Gasteiger partial charge < -0.3 is 10.6 Å². The number of phosphoric acid groups is 1. The number of nitrogens with two attached hydrogens (primary N) is 1. The molecule has 4 amide bonds. The Labute approximate surface area is 146 Å². The number of amides is 4. The number of hydroxylamine groups is 2. The van der Waals surface area contributed by atoms with Crippen molar-refractivity contribution < 1.29 is 37.8 Å². The number of carbonyl (C=O) groups excluding carboxylic acids is 4. The molecule has 12 heteroatoms. The van der Waals surface area contributed by atoms with Crippen molar-refractivity contribution in [3.63, 3.8) is 0 Å². The van der Waals surface area contributed by atoms with Crippen LogP contribution in [0.5, 0.6) is 0 Å². The number of imide groups is 2. The predicted molar refractivity (Wildman–Crippen MR) is 84.1 cm³/mol. The first-order chi connectivity index (χ1) is 12.2. The van der Waals surface area contributed by atoms with Gasteiger partial charge in [0.25, 0.3) is 23.6 Å². The molecule has 0 aliphatic carbocycles. The molecule has 0 saturated carbocycles. The van der Waals surface area contributed by atoms with E-state index < -0.39 is 37.5 Å². The molecule has 2 unspecified atom stereocenters. The van der Waals surface area contributed by atoms with Crippen LogP contribution in [0.2, 0.25) is 0 Å². The Balaban J connectivity index is 1.93. The Morgan fingerprint density at radius 1 is 1.23 bits per heavy atom. The summed E-state index contributed by atoms with van der Waals surface area (Å²) in [6.07, 6.45) is -0.436. The number of nitrogens with zero attached hydrogens (tertiary/aromatic N) is 2. The molecule has 2 aliphatic heterocycles. The largest absolute Gasteiger partial charge is 0.494 e. The molecular formula is C14H14N3O8P.